The smallest absolute Gasteiger partial charge is 0.289 e. The number of Topliss-reactive ketones (excluding diaryl/α,β-unsaturated/α-hetero) is 1. The molecular weight excluding hydrogens is 638 g/mol. The Hall–Kier alpha value is -3.90. The predicted molar refractivity (Wildman–Crippen MR) is 187 cm³/mol. The molecule has 276 valence electrons. The van der Waals surface area contributed by atoms with Crippen molar-refractivity contribution in [3.63, 3.8) is 0 Å². The summed E-state index contributed by atoms with van der Waals surface area (Å²) >= 11 is 0. The van der Waals surface area contributed by atoms with E-state index in [1.807, 2.05) is 41.5 Å². The van der Waals surface area contributed by atoms with Crippen LogP contribution in [-0.4, -0.2) is 86.9 Å². The molecule has 0 aromatic carbocycles. The second-order valence-electron chi connectivity index (χ2n) is 15.8. The molecule has 13 nitrogen and oxygen atoms in total. The fourth-order valence-electron chi connectivity index (χ4n) is 6.97. The Morgan fingerprint density at radius 1 is 0.920 bits per heavy atom. The van der Waals surface area contributed by atoms with Gasteiger partial charge in [-0.25, -0.2) is 4.98 Å². The molecule has 4 N–H and O–H groups in total. The van der Waals surface area contributed by atoms with Crippen LogP contribution < -0.4 is 21.3 Å². The van der Waals surface area contributed by atoms with Gasteiger partial charge in [-0.1, -0.05) is 73.6 Å². The van der Waals surface area contributed by atoms with E-state index in [4.69, 9.17) is 0 Å². The number of hydrogen-bond acceptors (Lipinski definition) is 8. The van der Waals surface area contributed by atoms with Crippen molar-refractivity contribution in [1.29, 1.82) is 0 Å². The van der Waals surface area contributed by atoms with E-state index in [2.05, 4.69) is 31.2 Å². The van der Waals surface area contributed by atoms with Gasteiger partial charge >= 0.3 is 0 Å². The van der Waals surface area contributed by atoms with E-state index in [-0.39, 0.29) is 29.5 Å². The SMILES string of the molecule is CCCCC(NC(=O)[C@@H]1CC(C(C)C)CN1C(=O)[C@@H](NC(=O)[C@@H](NC(=O)c1cnccn1)C1CCCCC1)C(C)(C)C)C(=O)C(=O)NC1CC1. The van der Waals surface area contributed by atoms with E-state index in [0.717, 1.165) is 51.4 Å². The number of rotatable bonds is 15. The van der Waals surface area contributed by atoms with Crippen molar-refractivity contribution >= 4 is 35.3 Å². The van der Waals surface area contributed by atoms with Crippen LogP contribution >= 0.6 is 0 Å². The summed E-state index contributed by atoms with van der Waals surface area (Å²) in [5.41, 5.74) is -0.660. The van der Waals surface area contributed by atoms with Gasteiger partial charge in [-0.3, -0.25) is 33.8 Å². The van der Waals surface area contributed by atoms with Gasteiger partial charge in [0, 0.05) is 25.0 Å². The summed E-state index contributed by atoms with van der Waals surface area (Å²) in [4.78, 5) is 91.4. The van der Waals surface area contributed by atoms with Gasteiger partial charge in [-0.2, -0.15) is 0 Å². The first-order chi connectivity index (χ1) is 23.7. The fraction of sp³-hybridized carbons (Fsp3) is 0.730. The molecule has 5 amide bonds. The Bertz CT molecular complexity index is 1370. The van der Waals surface area contributed by atoms with Crippen molar-refractivity contribution < 1.29 is 28.8 Å². The monoisotopic (exact) mass is 695 g/mol. The lowest BCUT2D eigenvalue weighted by atomic mass is 9.82. The predicted octanol–water partition coefficient (Wildman–Crippen LogP) is 3.08. The van der Waals surface area contributed by atoms with Gasteiger partial charge in [0.1, 0.15) is 23.8 Å². The van der Waals surface area contributed by atoms with Crippen molar-refractivity contribution in [2.75, 3.05) is 6.54 Å². The number of hydrogen-bond donors (Lipinski definition) is 4. The molecule has 1 aliphatic heterocycles. The molecule has 2 unspecified atom stereocenters. The lowest BCUT2D eigenvalue weighted by molar-refractivity contribution is -0.145. The molecule has 1 aromatic rings. The van der Waals surface area contributed by atoms with Crippen LogP contribution in [-0.2, 0) is 24.0 Å². The molecule has 1 saturated heterocycles. The number of aromatic nitrogens is 2. The lowest BCUT2D eigenvalue weighted by Gasteiger charge is -2.37. The maximum Gasteiger partial charge on any atom is 0.289 e. The van der Waals surface area contributed by atoms with Gasteiger partial charge in [-0.15, -0.1) is 0 Å². The van der Waals surface area contributed by atoms with E-state index in [1.165, 1.54) is 23.5 Å². The van der Waals surface area contributed by atoms with Crippen LogP contribution in [0.5, 0.6) is 0 Å². The number of likely N-dealkylation sites (tertiary alicyclic amines) is 1. The molecule has 1 aromatic heterocycles. The van der Waals surface area contributed by atoms with Gasteiger partial charge in [0.15, 0.2) is 0 Å². The Morgan fingerprint density at radius 2 is 1.62 bits per heavy atom. The molecule has 0 radical (unpaired) electrons. The van der Waals surface area contributed by atoms with E-state index in [1.54, 1.807) is 0 Å². The molecule has 3 fully saturated rings. The van der Waals surface area contributed by atoms with E-state index in [0.29, 0.717) is 25.8 Å². The molecule has 0 spiro atoms. The second-order valence-corrected chi connectivity index (χ2v) is 15.8. The topological polar surface area (TPSA) is 180 Å². The third-order valence-electron chi connectivity index (χ3n) is 10.4. The maximum absolute atomic E-state index is 14.6. The summed E-state index contributed by atoms with van der Waals surface area (Å²) < 4.78 is 0. The van der Waals surface area contributed by atoms with Crippen LogP contribution in [0.25, 0.3) is 0 Å². The number of carbonyl (C=O) groups excluding carboxylic acids is 6. The summed E-state index contributed by atoms with van der Waals surface area (Å²) in [6.07, 6.45) is 12.5. The first-order valence-corrected chi connectivity index (χ1v) is 18.5. The van der Waals surface area contributed by atoms with E-state index < -0.39 is 64.9 Å². The van der Waals surface area contributed by atoms with Crippen LogP contribution in [0.4, 0.5) is 0 Å². The van der Waals surface area contributed by atoms with Gasteiger partial charge in [0.05, 0.1) is 12.2 Å². The molecule has 2 aliphatic carbocycles. The molecule has 3 aliphatic rings. The molecule has 2 heterocycles. The number of nitrogens with one attached hydrogen (secondary N) is 4. The van der Waals surface area contributed by atoms with Crippen molar-refractivity contribution in [3.05, 3.63) is 24.3 Å². The Kier molecular flexibility index (Phi) is 13.5. The molecule has 4 rings (SSSR count). The minimum Gasteiger partial charge on any atom is -0.347 e. The number of nitrogens with zero attached hydrogens (tertiary/aromatic N) is 3. The zero-order valence-corrected chi connectivity index (χ0v) is 30.6. The van der Waals surface area contributed by atoms with Crippen LogP contribution in [0, 0.1) is 23.2 Å². The standard InChI is InChI=1S/C37H57N7O6/c1-7-8-14-26(30(45)35(49)40-25-15-16-25)41-33(47)28-19-24(22(2)3)21-44(28)36(50)31(37(4,5)6)43-34(48)29(23-12-10-9-11-13-23)42-32(46)27-20-38-17-18-39-27/h17-18,20,22-26,28-29,31H,7-16,19,21H2,1-6H3,(H,40,49)(H,41,47)(H,42,46)(H,43,48)/t24?,26?,28-,29-,31+/m0/s1. The van der Waals surface area contributed by atoms with Crippen molar-refractivity contribution in [3.8, 4) is 0 Å². The molecule has 13 heteroatoms. The lowest BCUT2D eigenvalue weighted by Crippen LogP contribution is -2.62. The zero-order chi connectivity index (χ0) is 36.6. The van der Waals surface area contributed by atoms with Crippen molar-refractivity contribution in [2.45, 2.75) is 142 Å². The van der Waals surface area contributed by atoms with Crippen molar-refractivity contribution in [1.82, 2.24) is 36.1 Å². The highest BCUT2D eigenvalue weighted by molar-refractivity contribution is 6.38. The zero-order valence-electron chi connectivity index (χ0n) is 30.6. The quantitative estimate of drug-likeness (QED) is 0.202. The third-order valence-corrected chi connectivity index (χ3v) is 10.4. The van der Waals surface area contributed by atoms with E-state index >= 15 is 0 Å². The van der Waals surface area contributed by atoms with Gasteiger partial charge in [0.25, 0.3) is 11.8 Å². The van der Waals surface area contributed by atoms with Crippen LogP contribution in [0.3, 0.4) is 0 Å². The molecular formula is C37H57N7O6. The fourth-order valence-corrected chi connectivity index (χ4v) is 6.97. The first-order valence-electron chi connectivity index (χ1n) is 18.5. The minimum atomic E-state index is -1.02. The number of ketones is 1. The van der Waals surface area contributed by atoms with Gasteiger partial charge in [-0.05, 0) is 61.7 Å². The van der Waals surface area contributed by atoms with Gasteiger partial charge in [0.2, 0.25) is 23.5 Å². The van der Waals surface area contributed by atoms with Crippen LogP contribution in [0.2, 0.25) is 0 Å². The average Bonchev–Trinajstić information content (AvgIpc) is 3.79. The highest BCUT2D eigenvalue weighted by atomic mass is 16.2. The average molecular weight is 696 g/mol. The van der Waals surface area contributed by atoms with E-state index in [9.17, 15) is 28.8 Å². The molecule has 5 atom stereocenters. The highest BCUT2D eigenvalue weighted by Crippen LogP contribution is 2.33. The van der Waals surface area contributed by atoms with Crippen molar-refractivity contribution in [2.24, 2.45) is 23.2 Å². The maximum atomic E-state index is 14.6. The summed E-state index contributed by atoms with van der Waals surface area (Å²) in [6, 6.07) is -3.78. The largest absolute Gasteiger partial charge is 0.347 e. The summed E-state index contributed by atoms with van der Waals surface area (Å²) in [7, 11) is 0. The summed E-state index contributed by atoms with van der Waals surface area (Å²) in [6.45, 7) is 11.9. The Labute approximate surface area is 296 Å². The minimum absolute atomic E-state index is 0.00584. The molecule has 50 heavy (non-hydrogen) atoms. The van der Waals surface area contributed by atoms with Gasteiger partial charge < -0.3 is 26.2 Å². The van der Waals surface area contributed by atoms with Crippen LogP contribution in [0.1, 0.15) is 123 Å². The summed E-state index contributed by atoms with van der Waals surface area (Å²) in [5.74, 6) is -3.17. The normalized spacial score (nSPS) is 21.5. The van der Waals surface area contributed by atoms with Crippen LogP contribution in [0.15, 0.2) is 18.6 Å². The summed E-state index contributed by atoms with van der Waals surface area (Å²) in [5, 5.41) is 11.4. The number of amides is 5. The highest BCUT2D eigenvalue weighted by Gasteiger charge is 2.47. The second kappa shape index (κ2) is 17.4. The molecule has 0 bridgehead atoms. The molecule has 2 saturated carbocycles. The Morgan fingerprint density at radius 3 is 2.20 bits per heavy atom. The number of unbranched alkanes of at least 4 members (excludes halogenated alkanes) is 1. The first kappa shape index (κ1) is 38.9. The number of carbonyl (C=O) groups is 6. The Balaban J connectivity index is 1.56. The third kappa shape index (κ3) is 10.3.